The maximum Gasteiger partial charge on any atom is 0.341 e. The summed E-state index contributed by atoms with van der Waals surface area (Å²) in [6.07, 6.45) is 2.24. The number of aromatic nitrogens is 2. The highest BCUT2D eigenvalue weighted by Gasteiger charge is 2.25. The van der Waals surface area contributed by atoms with Crippen LogP contribution >= 0.6 is 0 Å². The monoisotopic (exact) mass is 351 g/mol. The van der Waals surface area contributed by atoms with Crippen molar-refractivity contribution in [2.24, 2.45) is 13.0 Å². The molecule has 26 heavy (non-hydrogen) atoms. The van der Waals surface area contributed by atoms with Gasteiger partial charge in [-0.05, 0) is 37.8 Å². The second-order valence-electron chi connectivity index (χ2n) is 7.20. The number of carbonyl (C=O) groups excluding carboxylic acids is 1. The number of fused-ring (bicyclic) bond motifs is 3. The lowest BCUT2D eigenvalue weighted by Gasteiger charge is -2.32. The molecule has 0 atom stereocenters. The zero-order valence-electron chi connectivity index (χ0n) is 15.7. The predicted molar refractivity (Wildman–Crippen MR) is 105 cm³/mol. The molecule has 136 valence electrons. The molecule has 0 unspecified atom stereocenters. The Morgan fingerprint density at radius 1 is 1.23 bits per heavy atom. The van der Waals surface area contributed by atoms with E-state index in [9.17, 15) is 4.79 Å². The van der Waals surface area contributed by atoms with Crippen molar-refractivity contribution in [3.63, 3.8) is 0 Å². The number of benzene rings is 1. The average molecular weight is 351 g/mol. The topological polar surface area (TPSA) is 47.4 Å². The van der Waals surface area contributed by atoms with Crippen LogP contribution in [0.1, 0.15) is 37.0 Å². The van der Waals surface area contributed by atoms with Crippen LogP contribution in [0.15, 0.2) is 30.3 Å². The zero-order chi connectivity index (χ0) is 18.3. The number of anilines is 1. The minimum absolute atomic E-state index is 0.288. The van der Waals surface area contributed by atoms with Crippen molar-refractivity contribution in [3.8, 4) is 0 Å². The van der Waals surface area contributed by atoms with E-state index in [2.05, 4.69) is 28.5 Å². The first-order valence-electron chi connectivity index (χ1n) is 9.40. The normalized spacial score (nSPS) is 15.7. The Hall–Kier alpha value is -2.56. The SMILES string of the molecule is CCOC(=O)c1cc2c3ccccc3n(C)c2nc1N1CCC(C)CC1. The zero-order valence-corrected chi connectivity index (χ0v) is 15.7. The minimum Gasteiger partial charge on any atom is -0.462 e. The number of hydrogen-bond donors (Lipinski definition) is 0. The average Bonchev–Trinajstić information content (AvgIpc) is 2.94. The Morgan fingerprint density at radius 3 is 2.69 bits per heavy atom. The van der Waals surface area contributed by atoms with E-state index in [1.54, 1.807) is 0 Å². The van der Waals surface area contributed by atoms with Crippen molar-refractivity contribution < 1.29 is 9.53 Å². The van der Waals surface area contributed by atoms with Gasteiger partial charge < -0.3 is 14.2 Å². The number of esters is 1. The van der Waals surface area contributed by atoms with Gasteiger partial charge >= 0.3 is 5.97 Å². The molecule has 3 aromatic rings. The molecule has 1 saturated heterocycles. The summed E-state index contributed by atoms with van der Waals surface area (Å²) >= 11 is 0. The standard InChI is InChI=1S/C21H25N3O2/c1-4-26-21(25)17-13-16-15-7-5-6-8-18(15)23(3)19(16)22-20(17)24-11-9-14(2)10-12-24/h5-8,13-14H,4,9-12H2,1-3H3. The third-order valence-corrected chi connectivity index (χ3v) is 5.43. The summed E-state index contributed by atoms with van der Waals surface area (Å²) in [5, 5.41) is 2.11. The molecular weight excluding hydrogens is 326 g/mol. The van der Waals surface area contributed by atoms with Crippen molar-refractivity contribution in [2.45, 2.75) is 26.7 Å². The molecule has 0 spiro atoms. The Balaban J connectivity index is 1.93. The van der Waals surface area contributed by atoms with Crippen LogP contribution in [0.3, 0.4) is 0 Å². The molecule has 1 fully saturated rings. The summed E-state index contributed by atoms with van der Waals surface area (Å²) in [6, 6.07) is 10.2. The van der Waals surface area contributed by atoms with E-state index in [1.165, 1.54) is 0 Å². The number of pyridine rings is 1. The number of para-hydroxylation sites is 1. The van der Waals surface area contributed by atoms with Crippen LogP contribution in [-0.4, -0.2) is 35.2 Å². The van der Waals surface area contributed by atoms with Gasteiger partial charge in [-0.2, -0.15) is 0 Å². The van der Waals surface area contributed by atoms with E-state index in [-0.39, 0.29) is 5.97 Å². The smallest absolute Gasteiger partial charge is 0.341 e. The van der Waals surface area contributed by atoms with Crippen LogP contribution in [0.4, 0.5) is 5.82 Å². The molecule has 1 aliphatic heterocycles. The third kappa shape index (κ3) is 2.71. The van der Waals surface area contributed by atoms with Crippen molar-refractivity contribution in [1.82, 2.24) is 9.55 Å². The van der Waals surface area contributed by atoms with Crippen molar-refractivity contribution >= 4 is 33.7 Å². The number of rotatable bonds is 3. The van der Waals surface area contributed by atoms with Gasteiger partial charge in [0.05, 0.1) is 12.1 Å². The summed E-state index contributed by atoms with van der Waals surface area (Å²) in [7, 11) is 2.03. The Labute approximate surface area is 153 Å². The molecule has 0 saturated carbocycles. The van der Waals surface area contributed by atoms with Crippen LogP contribution in [0.5, 0.6) is 0 Å². The molecule has 2 aromatic heterocycles. The van der Waals surface area contributed by atoms with Gasteiger partial charge in [-0.25, -0.2) is 9.78 Å². The van der Waals surface area contributed by atoms with Gasteiger partial charge in [0.2, 0.25) is 0 Å². The van der Waals surface area contributed by atoms with Crippen LogP contribution < -0.4 is 4.90 Å². The van der Waals surface area contributed by atoms with Gasteiger partial charge in [0, 0.05) is 30.9 Å². The molecule has 5 nitrogen and oxygen atoms in total. The molecular formula is C21H25N3O2. The van der Waals surface area contributed by atoms with E-state index in [1.807, 2.05) is 32.2 Å². The van der Waals surface area contributed by atoms with Gasteiger partial charge in [-0.3, -0.25) is 0 Å². The van der Waals surface area contributed by atoms with E-state index in [0.717, 1.165) is 59.6 Å². The molecule has 5 heteroatoms. The lowest BCUT2D eigenvalue weighted by Crippen LogP contribution is -2.34. The van der Waals surface area contributed by atoms with E-state index >= 15 is 0 Å². The molecule has 1 aromatic carbocycles. The highest BCUT2D eigenvalue weighted by molar-refractivity contribution is 6.10. The molecule has 0 aliphatic carbocycles. The summed E-state index contributed by atoms with van der Waals surface area (Å²) in [6.45, 7) is 6.34. The first kappa shape index (κ1) is 16.9. The largest absolute Gasteiger partial charge is 0.462 e. The van der Waals surface area contributed by atoms with Gasteiger partial charge in [0.1, 0.15) is 17.0 Å². The number of hydrogen-bond acceptors (Lipinski definition) is 4. The Kier molecular flexibility index (Phi) is 4.31. The van der Waals surface area contributed by atoms with Crippen LogP contribution in [0, 0.1) is 5.92 Å². The molecule has 0 bridgehead atoms. The van der Waals surface area contributed by atoms with Gasteiger partial charge in [0.15, 0.2) is 0 Å². The van der Waals surface area contributed by atoms with Gasteiger partial charge in [-0.1, -0.05) is 25.1 Å². The molecule has 1 aliphatic rings. The first-order valence-corrected chi connectivity index (χ1v) is 9.40. The molecule has 4 rings (SSSR count). The lowest BCUT2D eigenvalue weighted by molar-refractivity contribution is 0.0527. The Bertz CT molecular complexity index is 968. The highest BCUT2D eigenvalue weighted by atomic mass is 16.5. The number of ether oxygens (including phenoxy) is 1. The maximum absolute atomic E-state index is 12.7. The number of aryl methyl sites for hydroxylation is 1. The minimum atomic E-state index is -0.288. The fraction of sp³-hybridized carbons (Fsp3) is 0.429. The fourth-order valence-electron chi connectivity index (χ4n) is 3.88. The molecule has 0 radical (unpaired) electrons. The van der Waals surface area contributed by atoms with E-state index in [0.29, 0.717) is 12.2 Å². The van der Waals surface area contributed by atoms with Crippen molar-refractivity contribution in [2.75, 3.05) is 24.6 Å². The first-order chi connectivity index (χ1) is 12.6. The lowest BCUT2D eigenvalue weighted by atomic mass is 9.99. The maximum atomic E-state index is 12.7. The summed E-state index contributed by atoms with van der Waals surface area (Å²) in [5.41, 5.74) is 2.60. The predicted octanol–water partition coefficient (Wildman–Crippen LogP) is 4.14. The van der Waals surface area contributed by atoms with Crippen LogP contribution in [-0.2, 0) is 11.8 Å². The second-order valence-corrected chi connectivity index (χ2v) is 7.20. The number of nitrogens with zero attached hydrogens (tertiary/aromatic N) is 3. The summed E-state index contributed by atoms with van der Waals surface area (Å²) in [4.78, 5) is 19.9. The van der Waals surface area contributed by atoms with Gasteiger partial charge in [0.25, 0.3) is 0 Å². The summed E-state index contributed by atoms with van der Waals surface area (Å²) in [5.74, 6) is 1.19. The van der Waals surface area contributed by atoms with Crippen LogP contribution in [0.2, 0.25) is 0 Å². The second kappa shape index (κ2) is 6.63. The third-order valence-electron chi connectivity index (χ3n) is 5.43. The van der Waals surface area contributed by atoms with Crippen molar-refractivity contribution in [1.29, 1.82) is 0 Å². The van der Waals surface area contributed by atoms with Crippen LogP contribution in [0.25, 0.3) is 21.9 Å². The molecule has 3 heterocycles. The highest BCUT2D eigenvalue weighted by Crippen LogP contribution is 2.33. The summed E-state index contributed by atoms with van der Waals surface area (Å²) < 4.78 is 7.44. The van der Waals surface area contributed by atoms with E-state index < -0.39 is 0 Å². The quantitative estimate of drug-likeness (QED) is 0.666. The van der Waals surface area contributed by atoms with Crippen molar-refractivity contribution in [3.05, 3.63) is 35.9 Å². The number of carbonyl (C=O) groups is 1. The van der Waals surface area contributed by atoms with Gasteiger partial charge in [-0.15, -0.1) is 0 Å². The Morgan fingerprint density at radius 2 is 1.96 bits per heavy atom. The fourth-order valence-corrected chi connectivity index (χ4v) is 3.88. The molecule has 0 amide bonds. The molecule has 0 N–H and O–H groups in total. The van der Waals surface area contributed by atoms with E-state index in [4.69, 9.17) is 9.72 Å². The number of piperidine rings is 1.